The number of likely N-dealkylation sites (N-methyl/N-ethyl adjacent to an activating group) is 2. The minimum absolute atomic E-state index is 0.215. The van der Waals surface area contributed by atoms with Gasteiger partial charge in [0.05, 0.1) is 17.5 Å². The van der Waals surface area contributed by atoms with Crippen LogP contribution in [0, 0.1) is 5.41 Å². The van der Waals surface area contributed by atoms with Crippen LogP contribution in [0.25, 0.3) is 0 Å². The van der Waals surface area contributed by atoms with E-state index in [2.05, 4.69) is 22.6 Å². The zero-order valence-electron chi connectivity index (χ0n) is 18.3. The first-order valence-electron chi connectivity index (χ1n) is 10.6. The van der Waals surface area contributed by atoms with Crippen molar-refractivity contribution in [3.05, 3.63) is 17.0 Å². The minimum Gasteiger partial charge on any atom is -0.393 e. The first kappa shape index (κ1) is 21.8. The Morgan fingerprint density at radius 2 is 1.86 bits per heavy atom. The van der Waals surface area contributed by atoms with E-state index < -0.39 is 11.5 Å². The number of nitrogens with one attached hydrogen (secondary N) is 2. The van der Waals surface area contributed by atoms with Crippen molar-refractivity contribution in [2.24, 2.45) is 5.41 Å². The lowest BCUT2D eigenvalue weighted by molar-refractivity contribution is -0.124. The van der Waals surface area contributed by atoms with Gasteiger partial charge in [0, 0.05) is 38.0 Å². The maximum atomic E-state index is 13.2. The number of nitrogens with zero attached hydrogens (tertiary/aromatic N) is 3. The molecule has 29 heavy (non-hydrogen) atoms. The molecule has 0 spiro atoms. The molecule has 3 N–H and O–H groups in total. The molecule has 1 saturated carbocycles. The molecule has 0 radical (unpaired) electrons. The maximum absolute atomic E-state index is 13.2. The predicted molar refractivity (Wildman–Crippen MR) is 111 cm³/mol. The molecule has 2 amide bonds. The maximum Gasteiger partial charge on any atom is 0.342 e. The summed E-state index contributed by atoms with van der Waals surface area (Å²) in [5.74, 6) is 0.0538. The molecule has 1 aromatic heterocycles. The highest BCUT2D eigenvalue weighted by molar-refractivity contribution is 5.88. The highest BCUT2D eigenvalue weighted by Crippen LogP contribution is 2.36. The Hall–Kier alpha value is -1.93. The van der Waals surface area contributed by atoms with Crippen molar-refractivity contribution < 1.29 is 14.7 Å². The quantitative estimate of drug-likeness (QED) is 0.709. The van der Waals surface area contributed by atoms with Gasteiger partial charge in [-0.2, -0.15) is 9.78 Å². The molecule has 162 valence electrons. The van der Waals surface area contributed by atoms with E-state index in [0.29, 0.717) is 0 Å². The van der Waals surface area contributed by atoms with Gasteiger partial charge in [0.25, 0.3) is 0 Å². The third-order valence-corrected chi connectivity index (χ3v) is 6.20. The topological polar surface area (TPSA) is 99.5 Å². The molecule has 1 fully saturated rings. The lowest BCUT2D eigenvalue weighted by Crippen LogP contribution is -2.54. The summed E-state index contributed by atoms with van der Waals surface area (Å²) in [4.78, 5) is 27.8. The fourth-order valence-corrected chi connectivity index (χ4v) is 4.43. The van der Waals surface area contributed by atoms with Gasteiger partial charge in [-0.3, -0.25) is 4.79 Å². The molecule has 0 saturated heterocycles. The molecule has 0 unspecified atom stereocenters. The van der Waals surface area contributed by atoms with Crippen molar-refractivity contribution >= 4 is 11.9 Å². The van der Waals surface area contributed by atoms with Crippen LogP contribution >= 0.6 is 0 Å². The van der Waals surface area contributed by atoms with Crippen LogP contribution in [-0.2, 0) is 17.8 Å². The van der Waals surface area contributed by atoms with Crippen LogP contribution in [0.3, 0.4) is 0 Å². The van der Waals surface area contributed by atoms with Gasteiger partial charge >= 0.3 is 6.03 Å². The number of aromatic nitrogens is 2. The lowest BCUT2D eigenvalue weighted by atomic mass is 9.83. The number of hydrogen-bond donors (Lipinski definition) is 3. The molecular weight excluding hydrogens is 370 g/mol. The summed E-state index contributed by atoms with van der Waals surface area (Å²) in [7, 11) is 3.66. The van der Waals surface area contributed by atoms with E-state index in [1.807, 2.05) is 20.8 Å². The summed E-state index contributed by atoms with van der Waals surface area (Å²) in [6.45, 7) is 7.43. The average Bonchev–Trinajstić information content (AvgIpc) is 3.03. The Bertz CT molecular complexity index is 759. The Kier molecular flexibility index (Phi) is 6.33. The number of carbonyl (C=O) groups is 2. The zero-order valence-corrected chi connectivity index (χ0v) is 18.3. The fourth-order valence-electron chi connectivity index (χ4n) is 4.43. The number of aliphatic hydroxyl groups is 1. The largest absolute Gasteiger partial charge is 0.393 e. The van der Waals surface area contributed by atoms with Crippen LogP contribution in [0.5, 0.6) is 0 Å². The van der Waals surface area contributed by atoms with Gasteiger partial charge in [0.15, 0.2) is 0 Å². The average molecular weight is 406 g/mol. The molecule has 0 bridgehead atoms. The molecular formula is C21H35N5O3. The number of fused-ring (bicyclic) bond motifs is 1. The molecule has 1 aliphatic carbocycles. The summed E-state index contributed by atoms with van der Waals surface area (Å²) >= 11 is 0. The van der Waals surface area contributed by atoms with E-state index in [4.69, 9.17) is 5.10 Å². The summed E-state index contributed by atoms with van der Waals surface area (Å²) in [6, 6.07) is -1.00. The van der Waals surface area contributed by atoms with Crippen LogP contribution in [0.2, 0.25) is 0 Å². The Morgan fingerprint density at radius 3 is 2.45 bits per heavy atom. The Morgan fingerprint density at radius 1 is 1.21 bits per heavy atom. The van der Waals surface area contributed by atoms with Crippen LogP contribution in [0.1, 0.15) is 69.3 Å². The zero-order chi connectivity index (χ0) is 21.3. The van der Waals surface area contributed by atoms with E-state index in [1.165, 1.54) is 4.68 Å². The van der Waals surface area contributed by atoms with Crippen LogP contribution in [0.15, 0.2) is 0 Å². The summed E-state index contributed by atoms with van der Waals surface area (Å²) in [5.41, 5.74) is 2.65. The smallest absolute Gasteiger partial charge is 0.342 e. The first-order valence-corrected chi connectivity index (χ1v) is 10.6. The van der Waals surface area contributed by atoms with Gasteiger partial charge in [-0.1, -0.05) is 20.8 Å². The number of carbonyl (C=O) groups excluding carboxylic acids is 2. The van der Waals surface area contributed by atoms with Crippen molar-refractivity contribution in [2.45, 2.75) is 77.5 Å². The van der Waals surface area contributed by atoms with E-state index in [9.17, 15) is 14.7 Å². The van der Waals surface area contributed by atoms with Gasteiger partial charge < -0.3 is 20.6 Å². The second kappa shape index (κ2) is 8.44. The van der Waals surface area contributed by atoms with Gasteiger partial charge in [0.1, 0.15) is 6.04 Å². The van der Waals surface area contributed by atoms with Gasteiger partial charge in [-0.25, -0.2) is 4.79 Å². The summed E-state index contributed by atoms with van der Waals surface area (Å²) in [6.07, 6.45) is 3.85. The van der Waals surface area contributed by atoms with Crippen LogP contribution < -0.4 is 10.6 Å². The number of rotatable bonds is 3. The summed E-state index contributed by atoms with van der Waals surface area (Å²) < 4.78 is 1.49. The van der Waals surface area contributed by atoms with Crippen molar-refractivity contribution in [1.82, 2.24) is 25.3 Å². The molecule has 1 aromatic rings. The Labute approximate surface area is 173 Å². The molecule has 8 heteroatoms. The monoisotopic (exact) mass is 405 g/mol. The van der Waals surface area contributed by atoms with Gasteiger partial charge in [0.2, 0.25) is 5.91 Å². The van der Waals surface area contributed by atoms with Crippen molar-refractivity contribution in [3.8, 4) is 0 Å². The number of aliphatic hydroxyl groups excluding tert-OH is 1. The molecule has 2 aliphatic rings. The molecule has 1 aliphatic heterocycles. The predicted octanol–water partition coefficient (Wildman–Crippen LogP) is 1.61. The fraction of sp³-hybridized carbons (Fsp3) is 0.762. The number of hydrogen-bond acceptors (Lipinski definition) is 5. The van der Waals surface area contributed by atoms with Gasteiger partial charge in [-0.05, 0) is 38.1 Å². The van der Waals surface area contributed by atoms with Crippen molar-refractivity contribution in [3.63, 3.8) is 0 Å². The second-order valence-corrected chi connectivity index (χ2v) is 9.58. The molecule has 3 rings (SSSR count). The van der Waals surface area contributed by atoms with Crippen molar-refractivity contribution in [1.29, 1.82) is 0 Å². The van der Waals surface area contributed by atoms with Crippen molar-refractivity contribution in [2.75, 3.05) is 20.6 Å². The van der Waals surface area contributed by atoms with E-state index >= 15 is 0 Å². The second-order valence-electron chi connectivity index (χ2n) is 9.58. The highest BCUT2D eigenvalue weighted by Gasteiger charge is 2.35. The van der Waals surface area contributed by atoms with E-state index in [1.54, 1.807) is 7.05 Å². The third kappa shape index (κ3) is 4.64. The van der Waals surface area contributed by atoms with E-state index in [-0.39, 0.29) is 24.0 Å². The highest BCUT2D eigenvalue weighted by atomic mass is 16.3. The molecule has 8 nitrogen and oxygen atoms in total. The van der Waals surface area contributed by atoms with Crippen LogP contribution in [-0.4, -0.2) is 64.5 Å². The normalized spacial score (nSPS) is 23.9. The molecule has 1 atom stereocenters. The molecule has 2 heterocycles. The van der Waals surface area contributed by atoms with E-state index in [0.717, 1.165) is 62.1 Å². The van der Waals surface area contributed by atoms with Crippen LogP contribution in [0.4, 0.5) is 4.79 Å². The minimum atomic E-state index is -0.653. The van der Waals surface area contributed by atoms with Gasteiger partial charge in [-0.15, -0.1) is 0 Å². The SMILES string of the molecule is CNC(=O)[C@@H](NC(=O)n1nc(C2CCC(O)CC2)c2c1CCN(C)C2)C(C)(C)C. The summed E-state index contributed by atoms with van der Waals surface area (Å²) in [5, 5.41) is 20.2. The lowest BCUT2D eigenvalue weighted by Gasteiger charge is -2.30. The first-order chi connectivity index (χ1) is 13.6. The molecule has 0 aromatic carbocycles. The number of amides is 2. The Balaban J connectivity index is 1.91. The third-order valence-electron chi connectivity index (χ3n) is 6.20. The standard InChI is InChI=1S/C21H35N5O3/c1-21(2,3)18(19(28)22-4)23-20(29)26-16-10-11-25(5)12-15(16)17(24-26)13-6-8-14(27)9-7-13/h13-14,18,27H,6-12H2,1-5H3,(H,22,28)(H,23,29)/t13?,14?,18-/m1/s1.